The van der Waals surface area contributed by atoms with Crippen LogP contribution in [-0.4, -0.2) is 33.2 Å². The highest BCUT2D eigenvalue weighted by atomic mass is 16.5. The van der Waals surface area contributed by atoms with Crippen molar-refractivity contribution in [1.82, 2.24) is 14.9 Å². The molecule has 0 saturated carbocycles. The van der Waals surface area contributed by atoms with Gasteiger partial charge in [-0.25, -0.2) is 4.98 Å². The number of amides is 1. The van der Waals surface area contributed by atoms with E-state index in [-0.39, 0.29) is 11.4 Å². The first-order chi connectivity index (χ1) is 17.7. The summed E-state index contributed by atoms with van der Waals surface area (Å²) in [5, 5.41) is 15.1. The molecule has 0 aliphatic rings. The Labute approximate surface area is 219 Å². The zero-order valence-electron chi connectivity index (χ0n) is 21.9. The molecule has 1 atom stereocenters. The van der Waals surface area contributed by atoms with Crippen molar-refractivity contribution < 1.29 is 14.6 Å². The number of nitrogens with one attached hydrogen (secondary N) is 1. The summed E-state index contributed by atoms with van der Waals surface area (Å²) in [6.07, 6.45) is 4.74. The lowest BCUT2D eigenvalue weighted by Gasteiger charge is -2.30. The zero-order chi connectivity index (χ0) is 26.5. The number of carbonyl (C=O) groups is 1. The molecule has 1 aromatic heterocycles. The predicted octanol–water partition coefficient (Wildman–Crippen LogP) is 5.34. The van der Waals surface area contributed by atoms with E-state index in [2.05, 4.69) is 27.0 Å². The van der Waals surface area contributed by atoms with Crippen molar-refractivity contribution >= 4 is 5.91 Å². The number of nitrogens with zero attached hydrogens (tertiary/aromatic N) is 2. The summed E-state index contributed by atoms with van der Waals surface area (Å²) in [4.78, 5) is 17.0. The van der Waals surface area contributed by atoms with Crippen LogP contribution in [0, 0.1) is 0 Å². The molecule has 0 spiro atoms. The molecule has 1 heterocycles. The largest absolute Gasteiger partial charge is 0.497 e. The van der Waals surface area contributed by atoms with Crippen LogP contribution in [0.15, 0.2) is 91.4 Å². The van der Waals surface area contributed by atoms with Crippen LogP contribution >= 0.6 is 0 Å². The van der Waals surface area contributed by atoms with Gasteiger partial charge in [-0.2, -0.15) is 0 Å². The van der Waals surface area contributed by atoms with Gasteiger partial charge in [-0.15, -0.1) is 0 Å². The van der Waals surface area contributed by atoms with Gasteiger partial charge in [-0.1, -0.05) is 54.6 Å². The summed E-state index contributed by atoms with van der Waals surface area (Å²) in [7, 11) is 1.62. The molecular weight excluding hydrogens is 462 g/mol. The van der Waals surface area contributed by atoms with Gasteiger partial charge in [0.1, 0.15) is 11.4 Å². The minimum Gasteiger partial charge on any atom is -0.497 e. The SMILES string of the molecule is COc1ccc(C(O)(CCc2cncn2Cc2ccccc2)c2ccc(C(=O)NC(C)(C)C)cc2)cc1. The predicted molar refractivity (Wildman–Crippen MR) is 146 cm³/mol. The molecule has 4 aromatic rings. The summed E-state index contributed by atoms with van der Waals surface area (Å²) < 4.78 is 7.44. The lowest BCUT2D eigenvalue weighted by Crippen LogP contribution is -2.40. The minimum atomic E-state index is -1.27. The molecule has 1 unspecified atom stereocenters. The lowest BCUT2D eigenvalue weighted by molar-refractivity contribution is 0.0706. The number of methoxy groups -OCH3 is 1. The number of hydrogen-bond acceptors (Lipinski definition) is 4. The van der Waals surface area contributed by atoms with E-state index in [1.165, 1.54) is 5.56 Å². The van der Waals surface area contributed by atoms with Gasteiger partial charge in [0, 0.05) is 29.5 Å². The number of aliphatic hydroxyl groups is 1. The Bertz CT molecular complexity index is 1310. The van der Waals surface area contributed by atoms with Crippen LogP contribution in [0.1, 0.15) is 59.9 Å². The van der Waals surface area contributed by atoms with Crippen molar-refractivity contribution in [3.8, 4) is 5.75 Å². The lowest BCUT2D eigenvalue weighted by atomic mass is 9.82. The van der Waals surface area contributed by atoms with Gasteiger partial charge in [0.15, 0.2) is 0 Å². The smallest absolute Gasteiger partial charge is 0.251 e. The average Bonchev–Trinajstić information content (AvgIpc) is 3.34. The third-order valence-electron chi connectivity index (χ3n) is 6.42. The maximum atomic E-state index is 12.6. The molecule has 0 fully saturated rings. The highest BCUT2D eigenvalue weighted by Gasteiger charge is 2.32. The minimum absolute atomic E-state index is 0.142. The van der Waals surface area contributed by atoms with Gasteiger partial charge >= 0.3 is 0 Å². The molecule has 3 aromatic carbocycles. The van der Waals surface area contributed by atoms with Gasteiger partial charge in [0.05, 0.1) is 13.4 Å². The summed E-state index contributed by atoms with van der Waals surface area (Å²) >= 11 is 0. The molecule has 37 heavy (non-hydrogen) atoms. The molecule has 192 valence electrons. The number of benzene rings is 3. The van der Waals surface area contributed by atoms with E-state index >= 15 is 0 Å². The van der Waals surface area contributed by atoms with Crippen molar-refractivity contribution in [2.75, 3.05) is 7.11 Å². The van der Waals surface area contributed by atoms with E-state index in [0.29, 0.717) is 24.9 Å². The maximum Gasteiger partial charge on any atom is 0.251 e. The van der Waals surface area contributed by atoms with E-state index in [0.717, 1.165) is 22.6 Å². The molecule has 6 nitrogen and oxygen atoms in total. The van der Waals surface area contributed by atoms with Crippen molar-refractivity contribution in [3.05, 3.63) is 119 Å². The molecule has 1 amide bonds. The van der Waals surface area contributed by atoms with Crippen LogP contribution in [0.5, 0.6) is 5.75 Å². The Kier molecular flexibility index (Phi) is 7.79. The third-order valence-corrected chi connectivity index (χ3v) is 6.42. The van der Waals surface area contributed by atoms with Crippen molar-refractivity contribution in [2.24, 2.45) is 0 Å². The number of ether oxygens (including phenoxy) is 1. The number of carbonyl (C=O) groups excluding carboxylic acids is 1. The first kappa shape index (κ1) is 26.2. The third kappa shape index (κ3) is 6.46. The zero-order valence-corrected chi connectivity index (χ0v) is 21.9. The average molecular weight is 498 g/mol. The Hall–Kier alpha value is -3.90. The van der Waals surface area contributed by atoms with Crippen molar-refractivity contribution in [1.29, 1.82) is 0 Å². The van der Waals surface area contributed by atoms with E-state index in [9.17, 15) is 9.90 Å². The second-order valence-electron chi connectivity index (χ2n) is 10.4. The fourth-order valence-corrected chi connectivity index (χ4v) is 4.42. The summed E-state index contributed by atoms with van der Waals surface area (Å²) in [6.45, 7) is 6.56. The van der Waals surface area contributed by atoms with Crippen LogP contribution in [-0.2, 0) is 18.6 Å². The molecule has 0 aliphatic carbocycles. The molecular formula is C31H35N3O3. The van der Waals surface area contributed by atoms with Crippen molar-refractivity contribution in [2.45, 2.75) is 51.3 Å². The normalized spacial score (nSPS) is 13.1. The van der Waals surface area contributed by atoms with Crippen LogP contribution in [0.3, 0.4) is 0 Å². The second kappa shape index (κ2) is 11.0. The number of aromatic nitrogens is 2. The number of hydrogen-bond donors (Lipinski definition) is 2. The Morgan fingerprint density at radius 1 is 0.946 bits per heavy atom. The van der Waals surface area contributed by atoms with E-state index in [4.69, 9.17) is 4.74 Å². The molecule has 2 N–H and O–H groups in total. The molecule has 4 rings (SSSR count). The molecule has 0 radical (unpaired) electrons. The van der Waals surface area contributed by atoms with Crippen LogP contribution in [0.4, 0.5) is 0 Å². The standard InChI is InChI=1S/C31H35N3O3/c1-30(2,3)33-29(35)24-10-12-25(13-11-24)31(36,26-14-16-28(37-4)17-15-26)19-18-27-20-32-22-34(27)21-23-8-6-5-7-9-23/h5-17,20,22,36H,18-19,21H2,1-4H3,(H,33,35). The number of imidazole rings is 1. The quantitative estimate of drug-likeness (QED) is 0.327. The van der Waals surface area contributed by atoms with Crippen LogP contribution in [0.2, 0.25) is 0 Å². The summed E-state index contributed by atoms with van der Waals surface area (Å²) in [5.41, 5.74) is 2.66. The second-order valence-corrected chi connectivity index (χ2v) is 10.4. The molecule has 0 aliphatic heterocycles. The van der Waals surface area contributed by atoms with Crippen LogP contribution < -0.4 is 10.1 Å². The Morgan fingerprint density at radius 2 is 1.57 bits per heavy atom. The van der Waals surface area contributed by atoms with Gasteiger partial charge in [0.2, 0.25) is 0 Å². The van der Waals surface area contributed by atoms with Gasteiger partial charge < -0.3 is 19.7 Å². The van der Waals surface area contributed by atoms with E-state index < -0.39 is 5.60 Å². The van der Waals surface area contributed by atoms with Crippen LogP contribution in [0.25, 0.3) is 0 Å². The first-order valence-corrected chi connectivity index (χ1v) is 12.5. The van der Waals surface area contributed by atoms with Gasteiger partial charge in [-0.05, 0) is 74.6 Å². The first-order valence-electron chi connectivity index (χ1n) is 12.5. The Morgan fingerprint density at radius 3 is 2.16 bits per heavy atom. The summed E-state index contributed by atoms with van der Waals surface area (Å²) in [6, 6.07) is 24.9. The van der Waals surface area contributed by atoms with Gasteiger partial charge in [0.25, 0.3) is 5.91 Å². The number of aryl methyl sites for hydroxylation is 1. The van der Waals surface area contributed by atoms with Gasteiger partial charge in [-0.3, -0.25) is 4.79 Å². The topological polar surface area (TPSA) is 76.4 Å². The highest BCUT2D eigenvalue weighted by Crippen LogP contribution is 2.35. The molecule has 0 saturated heterocycles. The Balaban J connectivity index is 1.61. The maximum absolute atomic E-state index is 12.6. The highest BCUT2D eigenvalue weighted by molar-refractivity contribution is 5.94. The molecule has 0 bridgehead atoms. The molecule has 6 heteroatoms. The van der Waals surface area contributed by atoms with E-state index in [1.807, 2.05) is 87.9 Å². The monoisotopic (exact) mass is 497 g/mol. The van der Waals surface area contributed by atoms with E-state index in [1.54, 1.807) is 19.2 Å². The fraction of sp³-hybridized carbons (Fsp3) is 0.290. The fourth-order valence-electron chi connectivity index (χ4n) is 4.42. The summed E-state index contributed by atoms with van der Waals surface area (Å²) in [5.74, 6) is 0.582. The van der Waals surface area contributed by atoms with Crippen molar-refractivity contribution in [3.63, 3.8) is 0 Å². The number of rotatable bonds is 9.